The van der Waals surface area contributed by atoms with E-state index in [1.54, 1.807) is 6.20 Å². The van der Waals surface area contributed by atoms with Crippen molar-refractivity contribution in [3.05, 3.63) is 24.0 Å². The summed E-state index contributed by atoms with van der Waals surface area (Å²) in [5, 5.41) is 1.10. The van der Waals surface area contributed by atoms with Crippen molar-refractivity contribution in [2.24, 2.45) is 5.92 Å². The third-order valence-corrected chi connectivity index (χ3v) is 2.66. The van der Waals surface area contributed by atoms with Gasteiger partial charge in [-0.15, -0.1) is 0 Å². The number of rotatable bonds is 5. The van der Waals surface area contributed by atoms with E-state index in [4.69, 9.17) is 4.74 Å². The van der Waals surface area contributed by atoms with Crippen molar-refractivity contribution in [2.45, 2.75) is 20.8 Å². The monoisotopic (exact) mass is 291 g/mol. The fraction of sp³-hybridized carbons (Fsp3) is 0.500. The number of H-pyrrole nitrogens is 1. The van der Waals surface area contributed by atoms with Crippen molar-refractivity contribution in [3.8, 4) is 5.75 Å². The SMILES string of the molecule is CC(C)C=O.Cc1cc2cc(OCCN(C)C)cnc2[nH]1. The summed E-state index contributed by atoms with van der Waals surface area (Å²) in [6.07, 6.45) is 2.67. The minimum atomic E-state index is 0.204. The molecule has 0 unspecified atom stereocenters. The van der Waals surface area contributed by atoms with Gasteiger partial charge in [0, 0.05) is 23.5 Å². The predicted octanol–water partition coefficient (Wildman–Crippen LogP) is 2.65. The number of aromatic amines is 1. The Morgan fingerprint density at radius 3 is 2.62 bits per heavy atom. The van der Waals surface area contributed by atoms with Gasteiger partial charge in [0.15, 0.2) is 0 Å². The summed E-state index contributed by atoms with van der Waals surface area (Å²) in [7, 11) is 4.06. The van der Waals surface area contributed by atoms with E-state index >= 15 is 0 Å². The molecule has 0 amide bonds. The van der Waals surface area contributed by atoms with Gasteiger partial charge in [0.2, 0.25) is 0 Å². The molecule has 0 saturated heterocycles. The maximum atomic E-state index is 9.50. The average molecular weight is 291 g/mol. The summed E-state index contributed by atoms with van der Waals surface area (Å²) in [6.45, 7) is 7.32. The maximum Gasteiger partial charge on any atom is 0.138 e. The highest BCUT2D eigenvalue weighted by molar-refractivity contribution is 5.77. The Morgan fingerprint density at radius 2 is 2.05 bits per heavy atom. The molecule has 116 valence electrons. The first-order valence-electron chi connectivity index (χ1n) is 7.10. The Kier molecular flexibility index (Phi) is 6.88. The first kappa shape index (κ1) is 17.2. The number of carbonyl (C=O) groups excluding carboxylic acids is 1. The maximum absolute atomic E-state index is 9.50. The van der Waals surface area contributed by atoms with Crippen LogP contribution in [0.1, 0.15) is 19.5 Å². The lowest BCUT2D eigenvalue weighted by atomic mass is 10.3. The molecule has 2 aromatic rings. The fourth-order valence-electron chi connectivity index (χ4n) is 1.56. The number of nitrogens with zero attached hydrogens (tertiary/aromatic N) is 2. The van der Waals surface area contributed by atoms with Gasteiger partial charge in [-0.1, -0.05) is 13.8 Å². The number of hydrogen-bond acceptors (Lipinski definition) is 4. The fourth-order valence-corrected chi connectivity index (χ4v) is 1.56. The van der Waals surface area contributed by atoms with Crippen LogP contribution < -0.4 is 4.74 Å². The molecule has 0 spiro atoms. The molecule has 0 fully saturated rings. The van der Waals surface area contributed by atoms with Crippen molar-refractivity contribution >= 4 is 17.3 Å². The topological polar surface area (TPSA) is 58.2 Å². The molecular weight excluding hydrogens is 266 g/mol. The van der Waals surface area contributed by atoms with Gasteiger partial charge >= 0.3 is 0 Å². The standard InChI is InChI=1S/C12H17N3O.C4H8O/c1-9-6-10-7-11(8-13-12(10)14-9)16-5-4-15(2)3;1-4(2)3-5/h6-8H,4-5H2,1-3H3,(H,13,14);3-4H,1-2H3. The summed E-state index contributed by atoms with van der Waals surface area (Å²) in [6, 6.07) is 4.09. The Morgan fingerprint density at radius 1 is 1.38 bits per heavy atom. The zero-order valence-electron chi connectivity index (χ0n) is 13.5. The summed E-state index contributed by atoms with van der Waals surface area (Å²) >= 11 is 0. The largest absolute Gasteiger partial charge is 0.491 e. The van der Waals surface area contributed by atoms with E-state index in [0.29, 0.717) is 6.61 Å². The van der Waals surface area contributed by atoms with Gasteiger partial charge in [0.05, 0.1) is 6.20 Å². The van der Waals surface area contributed by atoms with E-state index in [9.17, 15) is 4.79 Å². The smallest absolute Gasteiger partial charge is 0.138 e. The quantitative estimate of drug-likeness (QED) is 0.860. The molecule has 0 aliphatic carbocycles. The summed E-state index contributed by atoms with van der Waals surface area (Å²) < 4.78 is 5.62. The minimum Gasteiger partial charge on any atom is -0.491 e. The van der Waals surface area contributed by atoms with Gasteiger partial charge in [0.1, 0.15) is 24.3 Å². The van der Waals surface area contributed by atoms with Crippen LogP contribution in [-0.4, -0.2) is 48.4 Å². The normalized spacial score (nSPS) is 10.6. The highest BCUT2D eigenvalue weighted by Gasteiger charge is 2.01. The van der Waals surface area contributed by atoms with E-state index < -0.39 is 0 Å². The lowest BCUT2D eigenvalue weighted by Gasteiger charge is -2.10. The van der Waals surface area contributed by atoms with Crippen molar-refractivity contribution in [2.75, 3.05) is 27.2 Å². The molecule has 0 atom stereocenters. The lowest BCUT2D eigenvalue weighted by molar-refractivity contribution is -0.110. The molecule has 21 heavy (non-hydrogen) atoms. The Bertz CT molecular complexity index is 562. The minimum absolute atomic E-state index is 0.204. The second-order valence-corrected chi connectivity index (χ2v) is 5.59. The number of aromatic nitrogens is 2. The number of fused-ring (bicyclic) bond motifs is 1. The number of ether oxygens (including phenoxy) is 1. The van der Waals surface area contributed by atoms with Gasteiger partial charge in [0.25, 0.3) is 0 Å². The van der Waals surface area contributed by atoms with Crippen molar-refractivity contribution in [1.82, 2.24) is 14.9 Å². The van der Waals surface area contributed by atoms with Crippen LogP contribution in [0.3, 0.4) is 0 Å². The van der Waals surface area contributed by atoms with Crippen LogP contribution in [0.5, 0.6) is 5.75 Å². The molecule has 0 aliphatic heterocycles. The van der Waals surface area contributed by atoms with E-state index in [0.717, 1.165) is 35.3 Å². The molecule has 1 N–H and O–H groups in total. The molecule has 2 rings (SSSR count). The highest BCUT2D eigenvalue weighted by Crippen LogP contribution is 2.18. The lowest BCUT2D eigenvalue weighted by Crippen LogP contribution is -2.19. The summed E-state index contributed by atoms with van der Waals surface area (Å²) in [5.74, 6) is 1.03. The summed E-state index contributed by atoms with van der Waals surface area (Å²) in [5.41, 5.74) is 2.03. The molecule has 0 aromatic carbocycles. The number of nitrogens with one attached hydrogen (secondary N) is 1. The van der Waals surface area contributed by atoms with E-state index in [1.165, 1.54) is 0 Å². The molecule has 2 aromatic heterocycles. The van der Waals surface area contributed by atoms with Crippen molar-refractivity contribution in [3.63, 3.8) is 0 Å². The van der Waals surface area contributed by atoms with Gasteiger partial charge < -0.3 is 19.4 Å². The number of aldehydes is 1. The number of pyridine rings is 1. The van der Waals surface area contributed by atoms with Gasteiger partial charge in [-0.2, -0.15) is 0 Å². The van der Waals surface area contributed by atoms with E-state index in [2.05, 4.69) is 20.9 Å². The second kappa shape index (κ2) is 8.42. The van der Waals surface area contributed by atoms with Crippen LogP contribution in [0.4, 0.5) is 0 Å². The van der Waals surface area contributed by atoms with Crippen LogP contribution in [0.2, 0.25) is 0 Å². The molecule has 0 aliphatic rings. The van der Waals surface area contributed by atoms with Crippen LogP contribution in [0.25, 0.3) is 11.0 Å². The van der Waals surface area contributed by atoms with Gasteiger partial charge in [-0.25, -0.2) is 4.98 Å². The Balaban J connectivity index is 0.000000383. The zero-order chi connectivity index (χ0) is 15.8. The number of hydrogen-bond donors (Lipinski definition) is 1. The van der Waals surface area contributed by atoms with Crippen molar-refractivity contribution in [1.29, 1.82) is 0 Å². The zero-order valence-corrected chi connectivity index (χ0v) is 13.5. The molecule has 2 heterocycles. The van der Waals surface area contributed by atoms with E-state index in [1.807, 2.05) is 40.9 Å². The van der Waals surface area contributed by atoms with Crippen LogP contribution in [0, 0.1) is 12.8 Å². The van der Waals surface area contributed by atoms with Crippen LogP contribution in [-0.2, 0) is 4.79 Å². The Labute approximate surface area is 126 Å². The third-order valence-electron chi connectivity index (χ3n) is 2.66. The number of likely N-dealkylation sites (N-methyl/N-ethyl adjacent to an activating group) is 1. The molecule has 0 bridgehead atoms. The first-order chi connectivity index (χ1) is 9.92. The molecule has 5 nitrogen and oxygen atoms in total. The molecule has 0 saturated carbocycles. The molecule has 0 radical (unpaired) electrons. The predicted molar refractivity (Wildman–Crippen MR) is 85.8 cm³/mol. The third kappa shape index (κ3) is 6.40. The first-order valence-corrected chi connectivity index (χ1v) is 7.10. The van der Waals surface area contributed by atoms with Gasteiger partial charge in [-0.05, 0) is 33.2 Å². The van der Waals surface area contributed by atoms with Crippen molar-refractivity contribution < 1.29 is 9.53 Å². The van der Waals surface area contributed by atoms with Crippen LogP contribution in [0.15, 0.2) is 18.3 Å². The number of carbonyl (C=O) groups is 1. The van der Waals surface area contributed by atoms with Crippen LogP contribution >= 0.6 is 0 Å². The number of aryl methyl sites for hydroxylation is 1. The average Bonchev–Trinajstić information content (AvgIpc) is 2.78. The second-order valence-electron chi connectivity index (χ2n) is 5.59. The molecule has 5 heteroatoms. The summed E-state index contributed by atoms with van der Waals surface area (Å²) in [4.78, 5) is 19.1. The van der Waals surface area contributed by atoms with E-state index in [-0.39, 0.29) is 5.92 Å². The molecular formula is C16H25N3O2. The Hall–Kier alpha value is -1.88. The highest BCUT2D eigenvalue weighted by atomic mass is 16.5. The van der Waals surface area contributed by atoms with Gasteiger partial charge in [-0.3, -0.25) is 0 Å².